The molecule has 0 saturated carbocycles. The van der Waals surface area contributed by atoms with Gasteiger partial charge in [0, 0.05) is 34.5 Å². The fourth-order valence-electron chi connectivity index (χ4n) is 2.78. The lowest BCUT2D eigenvalue weighted by Gasteiger charge is -2.24. The molecule has 1 unspecified atom stereocenters. The van der Waals surface area contributed by atoms with E-state index in [1.54, 1.807) is 0 Å². The van der Waals surface area contributed by atoms with Gasteiger partial charge in [0.15, 0.2) is 0 Å². The number of nitrogens with two attached hydrogens (primary N) is 1. The molecular weight excluding hydrogens is 302 g/mol. The Balaban J connectivity index is 2.05. The molecule has 0 spiro atoms. The number of hydrogen-bond donors (Lipinski definition) is 1. The minimum absolute atomic E-state index is 0.218. The van der Waals surface area contributed by atoms with Gasteiger partial charge in [-0.3, -0.25) is 0 Å². The van der Waals surface area contributed by atoms with Crippen molar-refractivity contribution in [3.05, 3.63) is 34.9 Å². The van der Waals surface area contributed by atoms with E-state index >= 15 is 0 Å². The van der Waals surface area contributed by atoms with Crippen LogP contribution in [0.25, 0.3) is 10.8 Å². The number of hydrogen-bond acceptors (Lipinski definition) is 3. The van der Waals surface area contributed by atoms with Crippen molar-refractivity contribution in [1.29, 1.82) is 0 Å². The molecule has 3 rings (SSSR count). The van der Waals surface area contributed by atoms with Crippen molar-refractivity contribution in [2.24, 2.45) is 11.1 Å². The molecule has 2 aromatic rings. The largest absolute Gasteiger partial charge is 0.355 e. The van der Waals surface area contributed by atoms with E-state index in [0.29, 0.717) is 0 Å². The molecule has 1 fully saturated rings. The van der Waals surface area contributed by atoms with E-state index < -0.39 is 0 Å². The van der Waals surface area contributed by atoms with Gasteiger partial charge in [0.05, 0.1) is 0 Å². The van der Waals surface area contributed by atoms with Crippen molar-refractivity contribution < 1.29 is 0 Å². The molecule has 100 valence electrons. The zero-order valence-electron chi connectivity index (χ0n) is 11.1. The van der Waals surface area contributed by atoms with Crippen LogP contribution in [0.2, 0.25) is 0 Å². The molecule has 0 bridgehead atoms. The van der Waals surface area contributed by atoms with Crippen LogP contribution in [0.4, 0.5) is 5.82 Å². The molecule has 1 aliphatic heterocycles. The summed E-state index contributed by atoms with van der Waals surface area (Å²) in [5.74, 6) is 1.08. The van der Waals surface area contributed by atoms with Crippen LogP contribution in [-0.4, -0.2) is 24.6 Å². The summed E-state index contributed by atoms with van der Waals surface area (Å²) in [6.45, 7) is 5.01. The average molecular weight is 320 g/mol. The lowest BCUT2D eigenvalue weighted by molar-refractivity contribution is 0.383. The highest BCUT2D eigenvalue weighted by Gasteiger charge is 2.33. The van der Waals surface area contributed by atoms with Gasteiger partial charge >= 0.3 is 0 Å². The van der Waals surface area contributed by atoms with Crippen LogP contribution >= 0.6 is 15.9 Å². The van der Waals surface area contributed by atoms with E-state index in [0.717, 1.165) is 36.3 Å². The highest BCUT2D eigenvalue weighted by Crippen LogP contribution is 2.35. The summed E-state index contributed by atoms with van der Waals surface area (Å²) in [7, 11) is 0. The maximum atomic E-state index is 5.89. The van der Waals surface area contributed by atoms with Crippen LogP contribution in [0.3, 0.4) is 0 Å². The molecule has 1 aliphatic rings. The van der Waals surface area contributed by atoms with Gasteiger partial charge in [-0.15, -0.1) is 0 Å². The number of nitrogens with zero attached hydrogens (tertiary/aromatic N) is 2. The third-order valence-corrected chi connectivity index (χ3v) is 4.77. The normalized spacial score (nSPS) is 23.2. The molecule has 2 N–H and O–H groups in total. The number of aromatic nitrogens is 1. The fourth-order valence-corrected chi connectivity index (χ4v) is 3.27. The van der Waals surface area contributed by atoms with E-state index in [2.05, 4.69) is 57.0 Å². The molecule has 1 aromatic carbocycles. The van der Waals surface area contributed by atoms with E-state index in [4.69, 9.17) is 5.73 Å². The van der Waals surface area contributed by atoms with Gasteiger partial charge in [-0.05, 0) is 30.5 Å². The lowest BCUT2D eigenvalue weighted by atomic mass is 9.90. The van der Waals surface area contributed by atoms with Gasteiger partial charge in [0.1, 0.15) is 5.82 Å². The Morgan fingerprint density at radius 3 is 2.95 bits per heavy atom. The Labute approximate surface area is 121 Å². The molecule has 19 heavy (non-hydrogen) atoms. The summed E-state index contributed by atoms with van der Waals surface area (Å²) in [5.41, 5.74) is 6.11. The zero-order valence-corrected chi connectivity index (χ0v) is 12.7. The van der Waals surface area contributed by atoms with Gasteiger partial charge in [-0.1, -0.05) is 35.0 Å². The molecule has 1 saturated heterocycles. The predicted octanol–water partition coefficient (Wildman–Crippen LogP) is 3.17. The standard InChI is InChI=1S/C15H18BrN3/c1-15(9-17)6-8-19(10-15)14-12-3-2-4-13(16)11(12)5-7-18-14/h2-5,7H,6,8-10,17H2,1H3. The summed E-state index contributed by atoms with van der Waals surface area (Å²) in [6.07, 6.45) is 3.02. The van der Waals surface area contributed by atoms with Crippen LogP contribution in [0.15, 0.2) is 34.9 Å². The predicted molar refractivity (Wildman–Crippen MR) is 83.4 cm³/mol. The van der Waals surface area contributed by atoms with Crippen LogP contribution in [0.1, 0.15) is 13.3 Å². The first-order valence-electron chi connectivity index (χ1n) is 6.61. The Morgan fingerprint density at radius 1 is 1.37 bits per heavy atom. The first-order chi connectivity index (χ1) is 9.13. The third kappa shape index (κ3) is 2.23. The van der Waals surface area contributed by atoms with E-state index in [1.165, 1.54) is 10.8 Å². The van der Waals surface area contributed by atoms with Crippen LogP contribution in [-0.2, 0) is 0 Å². The van der Waals surface area contributed by atoms with Gasteiger partial charge < -0.3 is 10.6 Å². The number of fused-ring (bicyclic) bond motifs is 1. The Bertz CT molecular complexity index is 613. The third-order valence-electron chi connectivity index (χ3n) is 4.08. The van der Waals surface area contributed by atoms with Crippen molar-refractivity contribution in [2.45, 2.75) is 13.3 Å². The van der Waals surface area contributed by atoms with E-state index in [-0.39, 0.29) is 5.41 Å². The zero-order chi connectivity index (χ0) is 13.5. The highest BCUT2D eigenvalue weighted by atomic mass is 79.9. The van der Waals surface area contributed by atoms with Crippen molar-refractivity contribution >= 4 is 32.5 Å². The SMILES string of the molecule is CC1(CN)CCN(c2nccc3c(Br)cccc23)C1. The Kier molecular flexibility index (Phi) is 3.23. The Morgan fingerprint density at radius 2 is 2.21 bits per heavy atom. The summed E-state index contributed by atoms with van der Waals surface area (Å²) in [5, 5.41) is 2.42. The molecule has 4 heteroatoms. The van der Waals surface area contributed by atoms with Crippen molar-refractivity contribution in [2.75, 3.05) is 24.5 Å². The second-order valence-corrected chi connectivity index (χ2v) is 6.51. The van der Waals surface area contributed by atoms with Gasteiger partial charge in [0.2, 0.25) is 0 Å². The highest BCUT2D eigenvalue weighted by molar-refractivity contribution is 9.10. The molecule has 0 radical (unpaired) electrons. The topological polar surface area (TPSA) is 42.1 Å². The van der Waals surface area contributed by atoms with Crippen molar-refractivity contribution in [3.63, 3.8) is 0 Å². The summed E-state index contributed by atoms with van der Waals surface area (Å²) in [6, 6.07) is 8.33. The molecular formula is C15H18BrN3. The molecule has 2 heterocycles. The van der Waals surface area contributed by atoms with Gasteiger partial charge in [-0.25, -0.2) is 4.98 Å². The fraction of sp³-hybridized carbons (Fsp3) is 0.400. The molecule has 1 aromatic heterocycles. The number of pyridine rings is 1. The minimum atomic E-state index is 0.218. The van der Waals surface area contributed by atoms with E-state index in [9.17, 15) is 0 Å². The summed E-state index contributed by atoms with van der Waals surface area (Å²) >= 11 is 3.61. The smallest absolute Gasteiger partial charge is 0.136 e. The van der Waals surface area contributed by atoms with Crippen LogP contribution in [0, 0.1) is 5.41 Å². The average Bonchev–Trinajstić information content (AvgIpc) is 2.82. The van der Waals surface area contributed by atoms with Gasteiger partial charge in [0.25, 0.3) is 0 Å². The van der Waals surface area contributed by atoms with Crippen LogP contribution in [0.5, 0.6) is 0 Å². The minimum Gasteiger partial charge on any atom is -0.355 e. The Hall–Kier alpha value is -1.13. The first kappa shape index (κ1) is 12.9. The first-order valence-corrected chi connectivity index (χ1v) is 7.40. The number of anilines is 1. The second-order valence-electron chi connectivity index (χ2n) is 5.66. The second kappa shape index (κ2) is 4.76. The molecule has 3 nitrogen and oxygen atoms in total. The summed E-state index contributed by atoms with van der Waals surface area (Å²) in [4.78, 5) is 6.96. The maximum Gasteiger partial charge on any atom is 0.136 e. The number of benzene rings is 1. The summed E-state index contributed by atoms with van der Waals surface area (Å²) < 4.78 is 1.12. The van der Waals surface area contributed by atoms with E-state index in [1.807, 2.05) is 6.20 Å². The molecule has 0 amide bonds. The van der Waals surface area contributed by atoms with Crippen molar-refractivity contribution in [1.82, 2.24) is 4.98 Å². The van der Waals surface area contributed by atoms with Gasteiger partial charge in [-0.2, -0.15) is 0 Å². The number of halogens is 1. The molecule has 1 atom stereocenters. The number of rotatable bonds is 2. The maximum absolute atomic E-state index is 5.89. The van der Waals surface area contributed by atoms with Crippen molar-refractivity contribution in [3.8, 4) is 0 Å². The molecule has 0 aliphatic carbocycles. The lowest BCUT2D eigenvalue weighted by Crippen LogP contribution is -2.31. The monoisotopic (exact) mass is 319 g/mol. The quantitative estimate of drug-likeness (QED) is 0.924. The van der Waals surface area contributed by atoms with Crippen LogP contribution < -0.4 is 10.6 Å².